The van der Waals surface area contributed by atoms with Crippen molar-refractivity contribution in [2.24, 2.45) is 0 Å². The molecule has 0 saturated carbocycles. The maximum absolute atomic E-state index is 5.03. The highest BCUT2D eigenvalue weighted by Crippen LogP contribution is 2.48. The minimum absolute atomic E-state index is 0.962. The molecule has 1 aromatic heterocycles. The molecular formula is C25H16BrN3. The topological polar surface area (TPSA) is 21.1 Å². The Morgan fingerprint density at radius 2 is 1.41 bits per heavy atom. The number of imidazole rings is 1. The Kier molecular flexibility index (Phi) is 3.61. The van der Waals surface area contributed by atoms with Crippen LogP contribution in [0.4, 0.5) is 17.1 Å². The average Bonchev–Trinajstić information content (AvgIpc) is 3.16. The van der Waals surface area contributed by atoms with Gasteiger partial charge in [0.05, 0.1) is 28.1 Å². The van der Waals surface area contributed by atoms with Crippen LogP contribution in [-0.2, 0) is 0 Å². The highest BCUT2D eigenvalue weighted by Gasteiger charge is 2.29. The van der Waals surface area contributed by atoms with Crippen LogP contribution in [0.2, 0.25) is 0 Å². The number of anilines is 3. The number of halogens is 1. The molecule has 1 aliphatic rings. The lowest BCUT2D eigenvalue weighted by atomic mass is 10.1. The molecule has 2 heterocycles. The zero-order chi connectivity index (χ0) is 19.4. The lowest BCUT2D eigenvalue weighted by Gasteiger charge is -2.33. The number of hydrogen-bond donors (Lipinski definition) is 0. The fraction of sp³-hybridized carbons (Fsp3) is 0. The first kappa shape index (κ1) is 16.6. The second kappa shape index (κ2) is 6.33. The van der Waals surface area contributed by atoms with Gasteiger partial charge in [0, 0.05) is 15.7 Å². The van der Waals surface area contributed by atoms with E-state index in [2.05, 4.69) is 110 Å². The summed E-state index contributed by atoms with van der Waals surface area (Å²) in [5, 5.41) is 0. The molecule has 138 valence electrons. The van der Waals surface area contributed by atoms with Crippen molar-refractivity contribution in [3.63, 3.8) is 0 Å². The van der Waals surface area contributed by atoms with Gasteiger partial charge in [0.25, 0.3) is 0 Å². The molecule has 0 unspecified atom stereocenters. The highest BCUT2D eigenvalue weighted by atomic mass is 79.9. The Bertz CT molecular complexity index is 1360. The van der Waals surface area contributed by atoms with Gasteiger partial charge in [-0.15, -0.1) is 0 Å². The van der Waals surface area contributed by atoms with Crippen molar-refractivity contribution in [3.8, 4) is 17.1 Å². The van der Waals surface area contributed by atoms with Gasteiger partial charge in [0.1, 0.15) is 5.82 Å². The van der Waals surface area contributed by atoms with E-state index in [1.54, 1.807) is 0 Å². The lowest BCUT2D eigenvalue weighted by Crippen LogP contribution is -2.18. The predicted octanol–water partition coefficient (Wildman–Crippen LogP) is 7.24. The fourth-order valence-electron chi connectivity index (χ4n) is 4.15. The molecule has 0 amide bonds. The Morgan fingerprint density at radius 1 is 0.655 bits per heavy atom. The number of hydrogen-bond acceptors (Lipinski definition) is 2. The van der Waals surface area contributed by atoms with Gasteiger partial charge in [-0.2, -0.15) is 0 Å². The lowest BCUT2D eigenvalue weighted by molar-refractivity contribution is 1.06. The molecule has 0 spiro atoms. The molecule has 0 N–H and O–H groups in total. The van der Waals surface area contributed by atoms with Crippen molar-refractivity contribution in [2.45, 2.75) is 0 Å². The van der Waals surface area contributed by atoms with Gasteiger partial charge in [0.15, 0.2) is 0 Å². The van der Waals surface area contributed by atoms with Crippen molar-refractivity contribution < 1.29 is 0 Å². The van der Waals surface area contributed by atoms with E-state index in [0.717, 1.165) is 49.6 Å². The molecule has 0 aliphatic carbocycles. The largest absolute Gasteiger partial charge is 0.306 e. The van der Waals surface area contributed by atoms with Crippen molar-refractivity contribution in [1.29, 1.82) is 0 Å². The number of nitrogens with zero attached hydrogens (tertiary/aromatic N) is 3. The second-order valence-electron chi connectivity index (χ2n) is 7.09. The molecule has 6 rings (SSSR count). The number of fused-ring (bicyclic) bond motifs is 2. The minimum atomic E-state index is 0.962. The van der Waals surface area contributed by atoms with Crippen LogP contribution in [0.5, 0.6) is 0 Å². The molecule has 0 fully saturated rings. The van der Waals surface area contributed by atoms with Crippen LogP contribution in [0.1, 0.15) is 0 Å². The summed E-state index contributed by atoms with van der Waals surface area (Å²) in [5.41, 5.74) is 7.75. The highest BCUT2D eigenvalue weighted by molar-refractivity contribution is 9.10. The van der Waals surface area contributed by atoms with E-state index in [4.69, 9.17) is 4.98 Å². The third-order valence-corrected chi connectivity index (χ3v) is 5.85. The monoisotopic (exact) mass is 437 g/mol. The van der Waals surface area contributed by atoms with Gasteiger partial charge < -0.3 is 4.90 Å². The Morgan fingerprint density at radius 3 is 2.21 bits per heavy atom. The molecular weight excluding hydrogens is 422 g/mol. The van der Waals surface area contributed by atoms with Crippen molar-refractivity contribution in [1.82, 2.24) is 9.55 Å². The third kappa shape index (κ3) is 2.46. The van der Waals surface area contributed by atoms with Gasteiger partial charge in [-0.25, -0.2) is 4.98 Å². The molecule has 0 bridgehead atoms. The first-order valence-electron chi connectivity index (χ1n) is 9.53. The van der Waals surface area contributed by atoms with Gasteiger partial charge in [-0.1, -0.05) is 70.5 Å². The molecule has 0 atom stereocenters. The van der Waals surface area contributed by atoms with E-state index in [0.29, 0.717) is 0 Å². The minimum Gasteiger partial charge on any atom is -0.306 e. The van der Waals surface area contributed by atoms with Crippen LogP contribution < -0.4 is 4.90 Å². The normalized spacial score (nSPS) is 12.2. The maximum atomic E-state index is 5.03. The van der Waals surface area contributed by atoms with E-state index in [-0.39, 0.29) is 0 Å². The summed E-state index contributed by atoms with van der Waals surface area (Å²) in [5.74, 6) is 0.962. The zero-order valence-corrected chi connectivity index (χ0v) is 17.0. The molecule has 0 radical (unpaired) electrons. The predicted molar refractivity (Wildman–Crippen MR) is 122 cm³/mol. The maximum Gasteiger partial charge on any atom is 0.145 e. The van der Waals surface area contributed by atoms with E-state index < -0.39 is 0 Å². The van der Waals surface area contributed by atoms with E-state index in [1.807, 2.05) is 12.1 Å². The first-order chi connectivity index (χ1) is 14.3. The van der Waals surface area contributed by atoms with Gasteiger partial charge in [0.2, 0.25) is 0 Å². The quantitative estimate of drug-likeness (QED) is 0.284. The summed E-state index contributed by atoms with van der Waals surface area (Å²) in [6.07, 6.45) is 0. The molecule has 0 saturated heterocycles. The second-order valence-corrected chi connectivity index (χ2v) is 8.00. The summed E-state index contributed by atoms with van der Waals surface area (Å²) >= 11 is 3.67. The molecule has 29 heavy (non-hydrogen) atoms. The fourth-order valence-corrected chi connectivity index (χ4v) is 4.50. The molecule has 1 aliphatic heterocycles. The Balaban J connectivity index is 1.76. The summed E-state index contributed by atoms with van der Waals surface area (Å²) in [6, 6.07) is 33.7. The molecule has 4 aromatic carbocycles. The van der Waals surface area contributed by atoms with Gasteiger partial charge in [-0.3, -0.25) is 4.57 Å². The summed E-state index contributed by atoms with van der Waals surface area (Å²) < 4.78 is 3.34. The number of benzene rings is 4. The number of rotatable bonds is 2. The molecule has 4 heteroatoms. The van der Waals surface area contributed by atoms with Crippen LogP contribution in [-0.4, -0.2) is 9.55 Å². The standard InChI is InChI=1S/C25H16BrN3/c26-18-14-15-21-23(16-18)28(19-10-5-2-6-11-19)22-13-7-12-20-24(22)29(21)25(27-20)17-8-3-1-4-9-17/h1-16H. The average molecular weight is 438 g/mol. The SMILES string of the molecule is Brc1ccc2c(c1)N(c1ccccc1)c1cccc3nc(-c4ccccc4)n-2c13. The zero-order valence-electron chi connectivity index (χ0n) is 15.5. The van der Waals surface area contributed by atoms with Gasteiger partial charge >= 0.3 is 0 Å². The van der Waals surface area contributed by atoms with Crippen LogP contribution >= 0.6 is 15.9 Å². The van der Waals surface area contributed by atoms with Crippen LogP contribution in [0, 0.1) is 0 Å². The first-order valence-corrected chi connectivity index (χ1v) is 10.3. The summed E-state index contributed by atoms with van der Waals surface area (Å²) in [6.45, 7) is 0. The summed E-state index contributed by atoms with van der Waals surface area (Å²) in [7, 11) is 0. The van der Waals surface area contributed by atoms with Crippen molar-refractivity contribution >= 4 is 44.0 Å². The number of para-hydroxylation sites is 2. The Hall–Kier alpha value is -3.37. The number of aromatic nitrogens is 2. The van der Waals surface area contributed by atoms with Crippen molar-refractivity contribution in [2.75, 3.05) is 4.90 Å². The van der Waals surface area contributed by atoms with Crippen molar-refractivity contribution in [3.05, 3.63) is 102 Å². The Labute approximate surface area is 177 Å². The molecule has 5 aromatic rings. The van der Waals surface area contributed by atoms with E-state index >= 15 is 0 Å². The van der Waals surface area contributed by atoms with Gasteiger partial charge in [-0.05, 0) is 42.5 Å². The van der Waals surface area contributed by atoms with Crippen LogP contribution in [0.3, 0.4) is 0 Å². The smallest absolute Gasteiger partial charge is 0.145 e. The van der Waals surface area contributed by atoms with E-state index in [9.17, 15) is 0 Å². The van der Waals surface area contributed by atoms with Crippen LogP contribution in [0.25, 0.3) is 28.1 Å². The molecule has 3 nitrogen and oxygen atoms in total. The summed E-state index contributed by atoms with van der Waals surface area (Å²) in [4.78, 5) is 7.35. The van der Waals surface area contributed by atoms with E-state index in [1.165, 1.54) is 0 Å². The van der Waals surface area contributed by atoms with Crippen LogP contribution in [0.15, 0.2) is 102 Å². The third-order valence-electron chi connectivity index (χ3n) is 5.36.